The molecule has 0 radical (unpaired) electrons. The van der Waals surface area contributed by atoms with E-state index < -0.39 is 0 Å². The monoisotopic (exact) mass is 337 g/mol. The number of benzene rings is 1. The standard InChI is InChI=1S/C11H17FIN3/c1-15-4-3-5-16(2)11-6-8(12)9(13)7-10(11)14/h6-7,15H,3-5,14H2,1-2H3. The van der Waals surface area contributed by atoms with E-state index in [0.717, 1.165) is 25.2 Å². The third-order valence-corrected chi connectivity index (χ3v) is 3.23. The van der Waals surface area contributed by atoms with E-state index in [-0.39, 0.29) is 5.82 Å². The molecule has 0 aromatic heterocycles. The molecule has 0 unspecified atom stereocenters. The average molecular weight is 337 g/mol. The summed E-state index contributed by atoms with van der Waals surface area (Å²) in [5.74, 6) is -0.217. The zero-order valence-electron chi connectivity index (χ0n) is 9.56. The Bertz CT molecular complexity index is 357. The topological polar surface area (TPSA) is 41.3 Å². The number of halogens is 2. The molecule has 0 aliphatic heterocycles. The summed E-state index contributed by atoms with van der Waals surface area (Å²) in [6.07, 6.45) is 1.00. The molecule has 0 aliphatic carbocycles. The van der Waals surface area contributed by atoms with E-state index >= 15 is 0 Å². The van der Waals surface area contributed by atoms with Gasteiger partial charge in [0.2, 0.25) is 0 Å². The van der Waals surface area contributed by atoms with Gasteiger partial charge in [0.15, 0.2) is 0 Å². The van der Waals surface area contributed by atoms with Crippen LogP contribution in [-0.2, 0) is 0 Å². The van der Waals surface area contributed by atoms with Gasteiger partial charge in [0, 0.05) is 19.7 Å². The summed E-state index contributed by atoms with van der Waals surface area (Å²) in [4.78, 5) is 1.98. The van der Waals surface area contributed by atoms with Gasteiger partial charge >= 0.3 is 0 Å². The molecule has 0 heterocycles. The summed E-state index contributed by atoms with van der Waals surface area (Å²) < 4.78 is 14.0. The van der Waals surface area contributed by atoms with Gasteiger partial charge in [-0.05, 0) is 48.7 Å². The maximum absolute atomic E-state index is 13.4. The van der Waals surface area contributed by atoms with Crippen LogP contribution in [0.2, 0.25) is 0 Å². The van der Waals surface area contributed by atoms with Gasteiger partial charge in [-0.15, -0.1) is 0 Å². The Morgan fingerprint density at radius 3 is 2.81 bits per heavy atom. The predicted molar refractivity (Wildman–Crippen MR) is 75.3 cm³/mol. The first kappa shape index (κ1) is 13.5. The Hall–Kier alpha value is -0.560. The highest BCUT2D eigenvalue weighted by molar-refractivity contribution is 14.1. The van der Waals surface area contributed by atoms with Crippen LogP contribution in [0.3, 0.4) is 0 Å². The summed E-state index contributed by atoms with van der Waals surface area (Å²) in [6, 6.07) is 3.16. The van der Waals surface area contributed by atoms with E-state index in [0.29, 0.717) is 9.26 Å². The van der Waals surface area contributed by atoms with Crippen LogP contribution in [0.4, 0.5) is 15.8 Å². The second-order valence-corrected chi connectivity index (χ2v) is 4.87. The van der Waals surface area contributed by atoms with Crippen molar-refractivity contribution in [2.75, 3.05) is 37.8 Å². The molecule has 1 rings (SSSR count). The van der Waals surface area contributed by atoms with Crippen molar-refractivity contribution in [3.63, 3.8) is 0 Å². The summed E-state index contributed by atoms with van der Waals surface area (Å²) in [6.45, 7) is 1.79. The summed E-state index contributed by atoms with van der Waals surface area (Å²) in [5.41, 5.74) is 7.25. The van der Waals surface area contributed by atoms with Crippen molar-refractivity contribution >= 4 is 34.0 Å². The van der Waals surface area contributed by atoms with Crippen molar-refractivity contribution in [1.29, 1.82) is 0 Å². The maximum atomic E-state index is 13.4. The molecular formula is C11H17FIN3. The van der Waals surface area contributed by atoms with Crippen LogP contribution in [-0.4, -0.2) is 27.2 Å². The molecule has 90 valence electrons. The molecule has 1 aromatic carbocycles. The normalized spacial score (nSPS) is 10.5. The van der Waals surface area contributed by atoms with Crippen LogP contribution < -0.4 is 16.0 Å². The molecule has 3 nitrogen and oxygen atoms in total. The van der Waals surface area contributed by atoms with Gasteiger partial charge in [-0.2, -0.15) is 0 Å². The van der Waals surface area contributed by atoms with Gasteiger partial charge in [0.25, 0.3) is 0 Å². The number of rotatable bonds is 5. The average Bonchev–Trinajstić information content (AvgIpc) is 2.23. The molecule has 0 bridgehead atoms. The first-order chi connectivity index (χ1) is 7.56. The summed E-state index contributed by atoms with van der Waals surface area (Å²) in [7, 11) is 3.84. The van der Waals surface area contributed by atoms with Crippen LogP contribution in [0.1, 0.15) is 6.42 Å². The zero-order valence-corrected chi connectivity index (χ0v) is 11.7. The molecular weight excluding hydrogens is 320 g/mol. The molecule has 1 aromatic rings. The molecule has 0 amide bonds. The van der Waals surface area contributed by atoms with E-state index in [2.05, 4.69) is 5.32 Å². The minimum Gasteiger partial charge on any atom is -0.397 e. The maximum Gasteiger partial charge on any atom is 0.138 e. The lowest BCUT2D eigenvalue weighted by Crippen LogP contribution is -2.23. The lowest BCUT2D eigenvalue weighted by Gasteiger charge is -2.21. The van der Waals surface area contributed by atoms with Crippen LogP contribution in [0.15, 0.2) is 12.1 Å². The highest BCUT2D eigenvalue weighted by Crippen LogP contribution is 2.26. The van der Waals surface area contributed by atoms with Gasteiger partial charge in [0.1, 0.15) is 5.82 Å². The van der Waals surface area contributed by atoms with Crippen LogP contribution in [0, 0.1) is 9.39 Å². The number of nitrogens with two attached hydrogens (primary N) is 1. The Labute approximate surface area is 109 Å². The van der Waals surface area contributed by atoms with Crippen LogP contribution in [0.5, 0.6) is 0 Å². The quantitative estimate of drug-likeness (QED) is 0.491. The molecule has 0 saturated carbocycles. The summed E-state index contributed by atoms with van der Waals surface area (Å²) >= 11 is 1.94. The molecule has 16 heavy (non-hydrogen) atoms. The summed E-state index contributed by atoms with van der Waals surface area (Å²) in [5, 5.41) is 3.08. The SMILES string of the molecule is CNCCCN(C)c1cc(F)c(I)cc1N. The Balaban J connectivity index is 2.75. The van der Waals surface area contributed by atoms with E-state index in [4.69, 9.17) is 5.73 Å². The number of hydrogen-bond acceptors (Lipinski definition) is 3. The predicted octanol–water partition coefficient (Wildman–Crippen LogP) is 2.06. The fourth-order valence-electron chi connectivity index (χ4n) is 1.50. The number of anilines is 2. The first-order valence-electron chi connectivity index (χ1n) is 5.16. The number of nitrogens with one attached hydrogen (secondary N) is 1. The van der Waals surface area contributed by atoms with Gasteiger partial charge < -0.3 is 16.0 Å². The van der Waals surface area contributed by atoms with Gasteiger partial charge in [-0.3, -0.25) is 0 Å². The van der Waals surface area contributed by atoms with E-state index in [9.17, 15) is 4.39 Å². The third-order valence-electron chi connectivity index (χ3n) is 2.40. The number of nitrogen functional groups attached to an aromatic ring is 1. The molecule has 0 aliphatic rings. The van der Waals surface area contributed by atoms with E-state index in [1.54, 1.807) is 6.07 Å². The minimum atomic E-state index is -0.217. The molecule has 0 atom stereocenters. The van der Waals surface area contributed by atoms with Crippen molar-refractivity contribution in [2.45, 2.75) is 6.42 Å². The van der Waals surface area contributed by atoms with Crippen molar-refractivity contribution in [1.82, 2.24) is 5.32 Å². The van der Waals surface area contributed by atoms with Crippen molar-refractivity contribution in [3.05, 3.63) is 21.5 Å². The van der Waals surface area contributed by atoms with Crippen LogP contribution >= 0.6 is 22.6 Å². The van der Waals surface area contributed by atoms with Gasteiger partial charge in [-0.25, -0.2) is 4.39 Å². The number of hydrogen-bond donors (Lipinski definition) is 2. The van der Waals surface area contributed by atoms with Crippen molar-refractivity contribution in [3.8, 4) is 0 Å². The second-order valence-electron chi connectivity index (χ2n) is 3.70. The molecule has 0 spiro atoms. The Morgan fingerprint density at radius 2 is 2.19 bits per heavy atom. The largest absolute Gasteiger partial charge is 0.397 e. The second kappa shape index (κ2) is 6.24. The minimum absolute atomic E-state index is 0.217. The molecule has 5 heteroatoms. The molecule has 3 N–H and O–H groups in total. The number of nitrogens with zero attached hydrogens (tertiary/aromatic N) is 1. The molecule has 0 saturated heterocycles. The Morgan fingerprint density at radius 1 is 1.50 bits per heavy atom. The van der Waals surface area contributed by atoms with Crippen molar-refractivity contribution < 1.29 is 4.39 Å². The van der Waals surface area contributed by atoms with E-state index in [1.807, 2.05) is 41.6 Å². The lowest BCUT2D eigenvalue weighted by molar-refractivity contribution is 0.619. The fourth-order valence-corrected chi connectivity index (χ4v) is 1.99. The first-order valence-corrected chi connectivity index (χ1v) is 6.24. The smallest absolute Gasteiger partial charge is 0.138 e. The zero-order chi connectivity index (χ0) is 12.1. The lowest BCUT2D eigenvalue weighted by atomic mass is 10.2. The van der Waals surface area contributed by atoms with Gasteiger partial charge in [-0.1, -0.05) is 0 Å². The fraction of sp³-hybridized carbons (Fsp3) is 0.455. The van der Waals surface area contributed by atoms with E-state index in [1.165, 1.54) is 6.07 Å². The third kappa shape index (κ3) is 3.48. The van der Waals surface area contributed by atoms with Gasteiger partial charge in [0.05, 0.1) is 14.9 Å². The highest BCUT2D eigenvalue weighted by atomic mass is 127. The van der Waals surface area contributed by atoms with Crippen LogP contribution in [0.25, 0.3) is 0 Å². The Kier molecular flexibility index (Phi) is 5.27. The molecule has 0 fully saturated rings. The van der Waals surface area contributed by atoms with Crippen molar-refractivity contribution in [2.24, 2.45) is 0 Å². The highest BCUT2D eigenvalue weighted by Gasteiger charge is 2.09.